The molecule has 0 spiro atoms. The molecule has 1 atom stereocenters. The van der Waals surface area contributed by atoms with Gasteiger partial charge in [0.2, 0.25) is 5.78 Å². The maximum absolute atomic E-state index is 13.5. The number of ketones is 1. The Morgan fingerprint density at radius 2 is 1.75 bits per heavy atom. The maximum atomic E-state index is 13.5. The molecule has 0 bridgehead atoms. The number of hydrogen-bond donors (Lipinski definition) is 1. The molecule has 32 heavy (non-hydrogen) atoms. The van der Waals surface area contributed by atoms with Crippen LogP contribution in [0.1, 0.15) is 39.2 Å². The summed E-state index contributed by atoms with van der Waals surface area (Å²) in [6.07, 6.45) is 0. The zero-order valence-corrected chi connectivity index (χ0v) is 17.9. The minimum Gasteiger partial charge on any atom is -0.503 e. The standard InChI is InChI=1S/C26H21NO5/c1-14-8-10-18(15(2)12-14)27-23(20-11-9-16(3)31-20)22(25(29)26(27)30)24(28)21-13-17-6-4-5-7-19(17)32-21/h4-13,23,29H,1-3H3. The first-order chi connectivity index (χ1) is 15.3. The summed E-state index contributed by atoms with van der Waals surface area (Å²) in [5.41, 5.74) is 2.97. The van der Waals surface area contributed by atoms with Gasteiger partial charge in [0.1, 0.15) is 23.1 Å². The highest BCUT2D eigenvalue weighted by molar-refractivity contribution is 6.20. The Morgan fingerprint density at radius 3 is 2.44 bits per heavy atom. The van der Waals surface area contributed by atoms with E-state index in [1.165, 1.54) is 4.90 Å². The third kappa shape index (κ3) is 3.03. The molecule has 1 aliphatic rings. The summed E-state index contributed by atoms with van der Waals surface area (Å²) in [6.45, 7) is 5.63. The van der Waals surface area contributed by atoms with Gasteiger partial charge in [-0.2, -0.15) is 0 Å². The number of carbonyl (C=O) groups is 2. The molecule has 5 rings (SSSR count). The minimum absolute atomic E-state index is 0.0521. The van der Waals surface area contributed by atoms with Crippen molar-refractivity contribution in [2.75, 3.05) is 4.90 Å². The summed E-state index contributed by atoms with van der Waals surface area (Å²) in [7, 11) is 0. The lowest BCUT2D eigenvalue weighted by atomic mass is 9.98. The van der Waals surface area contributed by atoms with E-state index in [0.717, 1.165) is 16.5 Å². The molecule has 2 aromatic heterocycles. The Balaban J connectivity index is 1.67. The van der Waals surface area contributed by atoms with Gasteiger partial charge < -0.3 is 13.9 Å². The van der Waals surface area contributed by atoms with Gasteiger partial charge >= 0.3 is 0 Å². The Bertz CT molecular complexity index is 1390. The predicted molar refractivity (Wildman–Crippen MR) is 120 cm³/mol. The molecule has 0 aliphatic carbocycles. The first kappa shape index (κ1) is 19.9. The van der Waals surface area contributed by atoms with Crippen LogP contribution in [0.3, 0.4) is 0 Å². The summed E-state index contributed by atoms with van der Waals surface area (Å²) < 4.78 is 11.6. The summed E-state index contributed by atoms with van der Waals surface area (Å²) in [4.78, 5) is 28.2. The van der Waals surface area contributed by atoms with Gasteiger partial charge in [0, 0.05) is 11.1 Å². The Hall–Kier alpha value is -4.06. The minimum atomic E-state index is -0.918. The molecule has 6 heteroatoms. The van der Waals surface area contributed by atoms with Crippen molar-refractivity contribution in [1.82, 2.24) is 0 Å². The number of fused-ring (bicyclic) bond motifs is 1. The summed E-state index contributed by atoms with van der Waals surface area (Å²) in [6, 6.07) is 17.1. The molecule has 4 aromatic rings. The smallest absolute Gasteiger partial charge is 0.294 e. The van der Waals surface area contributed by atoms with Gasteiger partial charge in [-0.05, 0) is 56.7 Å². The number of para-hydroxylation sites is 1. The van der Waals surface area contributed by atoms with E-state index in [1.807, 2.05) is 50.2 Å². The Morgan fingerprint density at radius 1 is 0.969 bits per heavy atom. The third-order valence-corrected chi connectivity index (χ3v) is 5.74. The first-order valence-corrected chi connectivity index (χ1v) is 10.3. The highest BCUT2D eigenvalue weighted by Gasteiger charge is 2.47. The normalized spacial score (nSPS) is 16.4. The lowest BCUT2D eigenvalue weighted by molar-refractivity contribution is -0.117. The number of carbonyl (C=O) groups excluding carboxylic acids is 2. The molecule has 0 saturated carbocycles. The molecular weight excluding hydrogens is 406 g/mol. The van der Waals surface area contributed by atoms with Gasteiger partial charge in [-0.3, -0.25) is 14.5 Å². The fraction of sp³-hybridized carbons (Fsp3) is 0.154. The number of benzene rings is 2. The number of furan rings is 2. The number of aryl methyl sites for hydroxylation is 3. The number of anilines is 1. The third-order valence-electron chi connectivity index (χ3n) is 5.74. The molecule has 1 unspecified atom stereocenters. The largest absolute Gasteiger partial charge is 0.503 e. The molecule has 0 saturated heterocycles. The van der Waals surface area contributed by atoms with Crippen LogP contribution in [-0.2, 0) is 4.79 Å². The van der Waals surface area contributed by atoms with E-state index in [9.17, 15) is 14.7 Å². The van der Waals surface area contributed by atoms with Gasteiger partial charge in [-0.25, -0.2) is 0 Å². The number of rotatable bonds is 4. The van der Waals surface area contributed by atoms with Gasteiger partial charge in [-0.15, -0.1) is 0 Å². The molecular formula is C26H21NO5. The van der Waals surface area contributed by atoms with Crippen LogP contribution < -0.4 is 4.90 Å². The van der Waals surface area contributed by atoms with E-state index < -0.39 is 23.5 Å². The van der Waals surface area contributed by atoms with E-state index in [1.54, 1.807) is 31.2 Å². The van der Waals surface area contributed by atoms with Crippen molar-refractivity contribution in [1.29, 1.82) is 0 Å². The summed E-state index contributed by atoms with van der Waals surface area (Å²) in [5.74, 6) is -0.742. The lowest BCUT2D eigenvalue weighted by Crippen LogP contribution is -2.31. The second kappa shape index (κ2) is 7.27. The monoisotopic (exact) mass is 427 g/mol. The van der Waals surface area contributed by atoms with Crippen molar-refractivity contribution in [3.8, 4) is 0 Å². The second-order valence-corrected chi connectivity index (χ2v) is 8.06. The number of amides is 1. The number of Topliss-reactive ketones (excluding diaryl/α,β-unsaturated/α-hetero) is 1. The lowest BCUT2D eigenvalue weighted by Gasteiger charge is -2.26. The van der Waals surface area contributed by atoms with E-state index >= 15 is 0 Å². The number of hydrogen-bond acceptors (Lipinski definition) is 5. The van der Waals surface area contributed by atoms with Crippen LogP contribution in [-0.4, -0.2) is 16.8 Å². The zero-order valence-electron chi connectivity index (χ0n) is 17.9. The highest BCUT2D eigenvalue weighted by Crippen LogP contribution is 2.43. The fourth-order valence-electron chi connectivity index (χ4n) is 4.26. The molecule has 6 nitrogen and oxygen atoms in total. The van der Waals surface area contributed by atoms with Gasteiger partial charge in [0.15, 0.2) is 11.5 Å². The summed E-state index contributed by atoms with van der Waals surface area (Å²) >= 11 is 0. The van der Waals surface area contributed by atoms with Gasteiger partial charge in [0.25, 0.3) is 5.91 Å². The van der Waals surface area contributed by atoms with Crippen molar-refractivity contribution >= 4 is 28.3 Å². The molecule has 3 heterocycles. The summed E-state index contributed by atoms with van der Waals surface area (Å²) in [5, 5.41) is 11.6. The molecule has 1 N–H and O–H groups in total. The van der Waals surface area contributed by atoms with Crippen LogP contribution in [0.5, 0.6) is 0 Å². The Labute approximate surface area is 184 Å². The Kier molecular flexibility index (Phi) is 4.51. The van der Waals surface area contributed by atoms with Crippen molar-refractivity contribution in [2.24, 2.45) is 0 Å². The molecule has 0 fully saturated rings. The topological polar surface area (TPSA) is 83.9 Å². The van der Waals surface area contributed by atoms with Crippen molar-refractivity contribution in [3.05, 3.63) is 100 Å². The zero-order chi connectivity index (χ0) is 22.6. The van der Waals surface area contributed by atoms with Crippen molar-refractivity contribution < 1.29 is 23.5 Å². The SMILES string of the molecule is Cc1ccc(N2C(=O)C(O)=C(C(=O)c3cc4ccccc4o3)C2c2ccc(C)o2)c(C)c1. The quantitative estimate of drug-likeness (QED) is 0.420. The predicted octanol–water partition coefficient (Wildman–Crippen LogP) is 5.73. The number of aliphatic hydroxyl groups is 1. The molecule has 1 amide bonds. The van der Waals surface area contributed by atoms with E-state index in [-0.39, 0.29) is 11.3 Å². The maximum Gasteiger partial charge on any atom is 0.294 e. The molecule has 2 aromatic carbocycles. The van der Waals surface area contributed by atoms with E-state index in [2.05, 4.69) is 0 Å². The van der Waals surface area contributed by atoms with Crippen molar-refractivity contribution in [2.45, 2.75) is 26.8 Å². The van der Waals surface area contributed by atoms with Crippen LogP contribution in [0.25, 0.3) is 11.0 Å². The highest BCUT2D eigenvalue weighted by atomic mass is 16.4. The van der Waals surface area contributed by atoms with Crippen LogP contribution in [0.4, 0.5) is 5.69 Å². The van der Waals surface area contributed by atoms with E-state index in [0.29, 0.717) is 22.8 Å². The molecule has 1 aliphatic heterocycles. The fourth-order valence-corrected chi connectivity index (χ4v) is 4.26. The first-order valence-electron chi connectivity index (χ1n) is 10.3. The van der Waals surface area contributed by atoms with Crippen LogP contribution in [0, 0.1) is 20.8 Å². The van der Waals surface area contributed by atoms with Crippen molar-refractivity contribution in [3.63, 3.8) is 0 Å². The van der Waals surface area contributed by atoms with Gasteiger partial charge in [0.05, 0.1) is 5.57 Å². The number of nitrogens with zero attached hydrogens (tertiary/aromatic N) is 1. The number of aliphatic hydroxyl groups excluding tert-OH is 1. The van der Waals surface area contributed by atoms with Crippen LogP contribution in [0.2, 0.25) is 0 Å². The van der Waals surface area contributed by atoms with Crippen LogP contribution >= 0.6 is 0 Å². The molecule has 160 valence electrons. The van der Waals surface area contributed by atoms with E-state index in [4.69, 9.17) is 8.83 Å². The van der Waals surface area contributed by atoms with Gasteiger partial charge in [-0.1, -0.05) is 35.9 Å². The average Bonchev–Trinajstić information content (AvgIpc) is 3.45. The van der Waals surface area contributed by atoms with Crippen LogP contribution in [0.15, 0.2) is 80.8 Å². The second-order valence-electron chi connectivity index (χ2n) is 8.06. The molecule has 0 radical (unpaired) electrons. The average molecular weight is 427 g/mol.